The molecule has 2 heterocycles. The monoisotopic (exact) mass is 326 g/mol. The van der Waals surface area contributed by atoms with Crippen LogP contribution in [0.1, 0.15) is 20.9 Å². The first-order valence-electron chi connectivity index (χ1n) is 5.23. The highest BCUT2D eigenvalue weighted by molar-refractivity contribution is 9.10. The number of pyridine rings is 1. The Kier molecular flexibility index (Phi) is 3.98. The Hall–Kier alpha value is -1.40. The fourth-order valence-electron chi connectivity index (χ4n) is 1.51. The number of nitrogens with one attached hydrogen (secondary N) is 1. The number of nitrogens with zero attached hydrogens (tertiary/aromatic N) is 1. The minimum atomic E-state index is -0.975. The number of aromatic nitrogens is 1. The second-order valence-electron chi connectivity index (χ2n) is 3.76. The molecule has 0 saturated carbocycles. The third-order valence-electron chi connectivity index (χ3n) is 2.35. The van der Waals surface area contributed by atoms with Crippen LogP contribution in [0.15, 0.2) is 28.2 Å². The summed E-state index contributed by atoms with van der Waals surface area (Å²) in [4.78, 5) is 16.2. The number of carboxylic acids is 1. The Labute approximate surface area is 117 Å². The molecule has 0 amide bonds. The van der Waals surface area contributed by atoms with Gasteiger partial charge < -0.3 is 10.4 Å². The predicted molar refractivity (Wildman–Crippen MR) is 75.3 cm³/mol. The van der Waals surface area contributed by atoms with Crippen LogP contribution in [-0.4, -0.2) is 16.1 Å². The summed E-state index contributed by atoms with van der Waals surface area (Å²) in [5.74, 6) is -0.975. The van der Waals surface area contributed by atoms with Gasteiger partial charge in [0.25, 0.3) is 0 Å². The summed E-state index contributed by atoms with van der Waals surface area (Å²) < 4.78 is 1.04. The van der Waals surface area contributed by atoms with Crippen LogP contribution in [0.2, 0.25) is 0 Å². The molecule has 2 N–H and O–H groups in total. The van der Waals surface area contributed by atoms with Crippen molar-refractivity contribution in [1.82, 2.24) is 4.98 Å². The highest BCUT2D eigenvalue weighted by Crippen LogP contribution is 2.22. The third-order valence-corrected chi connectivity index (χ3v) is 4.04. The highest BCUT2D eigenvalue weighted by atomic mass is 79.9. The fraction of sp³-hybridized carbons (Fsp3) is 0.167. The minimum absolute atomic E-state index is 0.191. The summed E-state index contributed by atoms with van der Waals surface area (Å²) in [6.07, 6.45) is 1.38. The molecule has 0 radical (unpaired) electrons. The van der Waals surface area contributed by atoms with Gasteiger partial charge >= 0.3 is 5.97 Å². The van der Waals surface area contributed by atoms with Crippen molar-refractivity contribution in [2.24, 2.45) is 0 Å². The van der Waals surface area contributed by atoms with Crippen molar-refractivity contribution in [3.8, 4) is 0 Å². The Morgan fingerprint density at radius 2 is 2.33 bits per heavy atom. The van der Waals surface area contributed by atoms with Gasteiger partial charge in [-0.05, 0) is 35.0 Å². The zero-order valence-electron chi connectivity index (χ0n) is 9.61. The van der Waals surface area contributed by atoms with Crippen LogP contribution in [0.4, 0.5) is 5.69 Å². The second-order valence-corrected chi connectivity index (χ2v) is 5.67. The molecule has 6 heteroatoms. The number of carboxylic acid groups (broad SMARTS) is 1. The van der Waals surface area contributed by atoms with Gasteiger partial charge in [-0.15, -0.1) is 11.3 Å². The molecule has 4 nitrogen and oxygen atoms in total. The SMILES string of the molecule is Cc1cc(NCc2cc(Br)cs2)c(C(=O)O)cn1. The maximum Gasteiger partial charge on any atom is 0.339 e. The van der Waals surface area contributed by atoms with Crippen molar-refractivity contribution in [3.05, 3.63) is 44.3 Å². The lowest BCUT2D eigenvalue weighted by Gasteiger charge is -2.08. The first kappa shape index (κ1) is 13.0. The fourth-order valence-corrected chi connectivity index (χ4v) is 2.90. The van der Waals surface area contributed by atoms with Crippen molar-refractivity contribution in [1.29, 1.82) is 0 Å². The number of hydrogen-bond donors (Lipinski definition) is 2. The van der Waals surface area contributed by atoms with Gasteiger partial charge in [0.2, 0.25) is 0 Å². The molecule has 0 aliphatic heterocycles. The lowest BCUT2D eigenvalue weighted by Crippen LogP contribution is -2.07. The molecule has 2 aromatic heterocycles. The maximum absolute atomic E-state index is 11.1. The number of aromatic carboxylic acids is 1. The lowest BCUT2D eigenvalue weighted by molar-refractivity contribution is 0.0697. The van der Waals surface area contributed by atoms with Gasteiger partial charge in [-0.25, -0.2) is 4.79 Å². The number of hydrogen-bond acceptors (Lipinski definition) is 4. The van der Waals surface area contributed by atoms with E-state index in [1.807, 2.05) is 18.4 Å². The summed E-state index contributed by atoms with van der Waals surface area (Å²) in [7, 11) is 0. The van der Waals surface area contributed by atoms with Crippen LogP contribution in [0, 0.1) is 6.92 Å². The standard InChI is InChI=1S/C12H11BrN2O2S/c1-7-2-11(10(5-14-7)12(16)17)15-4-9-3-8(13)6-18-9/h2-3,5-6H,4H2,1H3,(H,14,15)(H,16,17). The summed E-state index contributed by atoms with van der Waals surface area (Å²) in [6, 6.07) is 3.75. The van der Waals surface area contributed by atoms with Gasteiger partial charge in [-0.2, -0.15) is 0 Å². The van der Waals surface area contributed by atoms with Gasteiger partial charge in [0, 0.05) is 33.2 Å². The Morgan fingerprint density at radius 1 is 1.56 bits per heavy atom. The molecule has 2 rings (SSSR count). The van der Waals surface area contributed by atoms with E-state index in [1.165, 1.54) is 6.20 Å². The summed E-state index contributed by atoms with van der Waals surface area (Å²) in [5.41, 5.74) is 1.57. The molecule has 0 aromatic carbocycles. The largest absolute Gasteiger partial charge is 0.478 e. The van der Waals surface area contributed by atoms with E-state index in [0.29, 0.717) is 12.2 Å². The quantitative estimate of drug-likeness (QED) is 0.902. The maximum atomic E-state index is 11.1. The van der Waals surface area contributed by atoms with Crippen LogP contribution in [0.25, 0.3) is 0 Å². The minimum Gasteiger partial charge on any atom is -0.478 e. The average molecular weight is 327 g/mol. The molecular formula is C12H11BrN2O2S. The van der Waals surface area contributed by atoms with E-state index in [4.69, 9.17) is 5.11 Å². The van der Waals surface area contributed by atoms with Crippen LogP contribution >= 0.6 is 27.3 Å². The molecule has 0 fully saturated rings. The molecule has 94 valence electrons. The number of halogens is 1. The Morgan fingerprint density at radius 3 is 2.94 bits per heavy atom. The average Bonchev–Trinajstić information content (AvgIpc) is 2.72. The molecule has 2 aromatic rings. The number of carbonyl (C=O) groups is 1. The van der Waals surface area contributed by atoms with Crippen molar-refractivity contribution in [3.63, 3.8) is 0 Å². The number of thiophene rings is 1. The molecule has 18 heavy (non-hydrogen) atoms. The van der Waals surface area contributed by atoms with Crippen LogP contribution < -0.4 is 5.32 Å². The van der Waals surface area contributed by atoms with Crippen molar-refractivity contribution in [2.45, 2.75) is 13.5 Å². The molecular weight excluding hydrogens is 316 g/mol. The number of aryl methyl sites for hydroxylation is 1. The highest BCUT2D eigenvalue weighted by Gasteiger charge is 2.10. The van der Waals surface area contributed by atoms with E-state index in [9.17, 15) is 4.79 Å². The molecule has 0 aliphatic rings. The van der Waals surface area contributed by atoms with Crippen molar-refractivity contribution < 1.29 is 9.90 Å². The van der Waals surface area contributed by atoms with Crippen molar-refractivity contribution in [2.75, 3.05) is 5.32 Å². The van der Waals surface area contributed by atoms with Crippen LogP contribution in [0.3, 0.4) is 0 Å². The molecule has 0 atom stereocenters. The first-order chi connectivity index (χ1) is 8.56. The summed E-state index contributed by atoms with van der Waals surface area (Å²) in [6.45, 7) is 2.43. The Bertz CT molecular complexity index is 583. The predicted octanol–water partition coefficient (Wildman–Crippen LogP) is 3.52. The molecule has 0 unspecified atom stereocenters. The lowest BCUT2D eigenvalue weighted by atomic mass is 10.2. The molecule has 0 aliphatic carbocycles. The van der Waals surface area contributed by atoms with E-state index in [-0.39, 0.29) is 5.56 Å². The van der Waals surface area contributed by atoms with Gasteiger partial charge in [-0.3, -0.25) is 4.98 Å². The van der Waals surface area contributed by atoms with E-state index in [0.717, 1.165) is 15.0 Å². The van der Waals surface area contributed by atoms with Gasteiger partial charge in [0.05, 0.1) is 5.69 Å². The summed E-state index contributed by atoms with van der Waals surface area (Å²) >= 11 is 5.00. The molecule has 0 bridgehead atoms. The third kappa shape index (κ3) is 3.08. The van der Waals surface area contributed by atoms with Gasteiger partial charge in [0.15, 0.2) is 0 Å². The smallest absolute Gasteiger partial charge is 0.339 e. The van der Waals surface area contributed by atoms with E-state index < -0.39 is 5.97 Å². The van der Waals surface area contributed by atoms with Crippen LogP contribution in [0.5, 0.6) is 0 Å². The number of rotatable bonds is 4. The normalized spacial score (nSPS) is 10.3. The van der Waals surface area contributed by atoms with E-state index in [2.05, 4.69) is 26.2 Å². The van der Waals surface area contributed by atoms with E-state index in [1.54, 1.807) is 17.4 Å². The van der Waals surface area contributed by atoms with E-state index >= 15 is 0 Å². The van der Waals surface area contributed by atoms with Gasteiger partial charge in [-0.1, -0.05) is 0 Å². The second kappa shape index (κ2) is 5.49. The molecule has 0 saturated heterocycles. The number of anilines is 1. The zero-order chi connectivity index (χ0) is 13.1. The topological polar surface area (TPSA) is 62.2 Å². The van der Waals surface area contributed by atoms with Crippen LogP contribution in [-0.2, 0) is 6.54 Å². The van der Waals surface area contributed by atoms with Gasteiger partial charge in [0.1, 0.15) is 5.56 Å². The Balaban J connectivity index is 2.17. The van der Waals surface area contributed by atoms with Crippen molar-refractivity contribution >= 4 is 38.9 Å². The summed E-state index contributed by atoms with van der Waals surface area (Å²) in [5, 5.41) is 14.2. The first-order valence-corrected chi connectivity index (χ1v) is 6.90. The molecule has 0 spiro atoms. The zero-order valence-corrected chi connectivity index (χ0v) is 12.0.